The standard InChI is InChI=1S/C4H11NO3S/c1-4(3-8-2)5-9(6)7/h4-5H,3H2,1-2H3,(H,6,7)/p-1. The third-order valence-electron chi connectivity index (χ3n) is 0.714. The maximum Gasteiger partial charge on any atom is 0.0622 e. The lowest BCUT2D eigenvalue weighted by atomic mass is 10.4. The van der Waals surface area contributed by atoms with E-state index in [4.69, 9.17) is 0 Å². The summed E-state index contributed by atoms with van der Waals surface area (Å²) in [6.45, 7) is 2.12. The lowest BCUT2D eigenvalue weighted by molar-refractivity contribution is 0.180. The molecule has 0 aromatic heterocycles. The van der Waals surface area contributed by atoms with Crippen molar-refractivity contribution >= 4 is 11.3 Å². The van der Waals surface area contributed by atoms with Crippen LogP contribution in [0.3, 0.4) is 0 Å². The summed E-state index contributed by atoms with van der Waals surface area (Å²) < 4.78 is 26.7. The SMILES string of the molecule is COCC(C)NS(=O)[O-]. The van der Waals surface area contributed by atoms with Crippen molar-refractivity contribution in [2.24, 2.45) is 0 Å². The van der Waals surface area contributed by atoms with Gasteiger partial charge in [-0.05, 0) is 6.92 Å². The lowest BCUT2D eigenvalue weighted by Gasteiger charge is -2.13. The summed E-state index contributed by atoms with van der Waals surface area (Å²) in [7, 11) is 1.52. The molecule has 5 heteroatoms. The average molecular weight is 152 g/mol. The molecule has 0 bridgehead atoms. The first-order valence-electron chi connectivity index (χ1n) is 2.51. The quantitative estimate of drug-likeness (QED) is 0.547. The van der Waals surface area contributed by atoms with Gasteiger partial charge in [-0.25, -0.2) is 4.72 Å². The lowest BCUT2D eigenvalue weighted by Crippen LogP contribution is -2.31. The molecule has 0 aromatic rings. The van der Waals surface area contributed by atoms with Crippen LogP contribution in [0.4, 0.5) is 0 Å². The molecule has 56 valence electrons. The van der Waals surface area contributed by atoms with Crippen LogP contribution in [-0.4, -0.2) is 28.5 Å². The zero-order chi connectivity index (χ0) is 7.28. The van der Waals surface area contributed by atoms with E-state index >= 15 is 0 Å². The van der Waals surface area contributed by atoms with Crippen LogP contribution in [0.15, 0.2) is 0 Å². The van der Waals surface area contributed by atoms with Crippen molar-refractivity contribution in [3.63, 3.8) is 0 Å². The van der Waals surface area contributed by atoms with Crippen molar-refractivity contribution in [3.8, 4) is 0 Å². The van der Waals surface area contributed by atoms with Gasteiger partial charge in [0.2, 0.25) is 0 Å². The van der Waals surface area contributed by atoms with Gasteiger partial charge >= 0.3 is 0 Å². The Morgan fingerprint density at radius 1 is 1.89 bits per heavy atom. The second kappa shape index (κ2) is 4.87. The average Bonchev–Trinajstić information content (AvgIpc) is 1.63. The molecule has 0 aliphatic heterocycles. The molecule has 0 saturated carbocycles. The number of nitrogens with one attached hydrogen (secondary N) is 1. The van der Waals surface area contributed by atoms with E-state index < -0.39 is 11.3 Å². The van der Waals surface area contributed by atoms with E-state index in [-0.39, 0.29) is 6.04 Å². The molecule has 2 unspecified atom stereocenters. The third-order valence-corrected chi connectivity index (χ3v) is 1.31. The van der Waals surface area contributed by atoms with Crippen LogP contribution >= 0.6 is 0 Å². The molecular formula is C4H10NO3S-. The fourth-order valence-corrected chi connectivity index (χ4v) is 0.845. The fraction of sp³-hybridized carbons (Fsp3) is 1.00. The Morgan fingerprint density at radius 2 is 2.44 bits per heavy atom. The highest BCUT2D eigenvalue weighted by Gasteiger charge is 1.96. The Hall–Kier alpha value is 0.0300. The summed E-state index contributed by atoms with van der Waals surface area (Å²) in [6.07, 6.45) is 0. The van der Waals surface area contributed by atoms with Crippen LogP contribution in [0.1, 0.15) is 6.92 Å². The van der Waals surface area contributed by atoms with Gasteiger partial charge in [0.25, 0.3) is 0 Å². The Labute approximate surface area is 57.0 Å². The minimum atomic E-state index is -2.18. The third kappa shape index (κ3) is 5.91. The molecule has 0 aliphatic rings. The van der Waals surface area contributed by atoms with Gasteiger partial charge in [-0.1, -0.05) is 0 Å². The largest absolute Gasteiger partial charge is 0.760 e. The van der Waals surface area contributed by atoms with Crippen molar-refractivity contribution in [2.75, 3.05) is 13.7 Å². The van der Waals surface area contributed by atoms with Gasteiger partial charge in [0.05, 0.1) is 6.61 Å². The Balaban J connectivity index is 3.26. The summed E-state index contributed by atoms with van der Waals surface area (Å²) in [4.78, 5) is 0. The predicted octanol–water partition coefficient (Wildman–Crippen LogP) is -0.595. The van der Waals surface area contributed by atoms with Gasteiger partial charge in [-0.2, -0.15) is 0 Å². The van der Waals surface area contributed by atoms with E-state index in [1.807, 2.05) is 0 Å². The molecule has 0 radical (unpaired) electrons. The Bertz CT molecular complexity index is 97.8. The Morgan fingerprint density at radius 3 is 2.78 bits per heavy atom. The maximum atomic E-state index is 9.92. The summed E-state index contributed by atoms with van der Waals surface area (Å²) >= 11 is -2.18. The first kappa shape index (κ1) is 9.03. The highest BCUT2D eigenvalue weighted by Crippen LogP contribution is 1.81. The maximum absolute atomic E-state index is 9.92. The fourth-order valence-electron chi connectivity index (χ4n) is 0.448. The first-order chi connectivity index (χ1) is 4.16. The molecule has 9 heavy (non-hydrogen) atoms. The highest BCUT2D eigenvalue weighted by molar-refractivity contribution is 7.77. The molecule has 0 aliphatic carbocycles. The summed E-state index contributed by atoms with van der Waals surface area (Å²) in [5.74, 6) is 0. The minimum Gasteiger partial charge on any atom is -0.760 e. The van der Waals surface area contributed by atoms with Crippen molar-refractivity contribution in [1.29, 1.82) is 0 Å². The number of methoxy groups -OCH3 is 1. The predicted molar refractivity (Wildman–Crippen MR) is 33.4 cm³/mol. The zero-order valence-electron chi connectivity index (χ0n) is 5.42. The molecule has 0 spiro atoms. The molecule has 2 atom stereocenters. The van der Waals surface area contributed by atoms with Crippen molar-refractivity contribution < 1.29 is 13.5 Å². The topological polar surface area (TPSA) is 61.4 Å². The van der Waals surface area contributed by atoms with Crippen LogP contribution in [-0.2, 0) is 16.0 Å². The van der Waals surface area contributed by atoms with Crippen LogP contribution in [0.5, 0.6) is 0 Å². The molecule has 0 saturated heterocycles. The highest BCUT2D eigenvalue weighted by atomic mass is 32.2. The smallest absolute Gasteiger partial charge is 0.0622 e. The summed E-state index contributed by atoms with van der Waals surface area (Å²) in [5.41, 5.74) is 0. The second-order valence-corrected chi connectivity index (χ2v) is 2.41. The number of hydrogen-bond acceptors (Lipinski definition) is 3. The Kier molecular flexibility index (Phi) is 4.88. The first-order valence-corrected chi connectivity index (χ1v) is 3.58. The van der Waals surface area contributed by atoms with E-state index in [1.165, 1.54) is 7.11 Å². The van der Waals surface area contributed by atoms with E-state index in [9.17, 15) is 8.76 Å². The van der Waals surface area contributed by atoms with Crippen LogP contribution in [0.2, 0.25) is 0 Å². The summed E-state index contributed by atoms with van der Waals surface area (Å²) in [6, 6.07) is -0.145. The molecule has 0 aromatic carbocycles. The van der Waals surface area contributed by atoms with Gasteiger partial charge in [0.15, 0.2) is 0 Å². The van der Waals surface area contributed by atoms with Crippen LogP contribution < -0.4 is 4.72 Å². The molecule has 0 rings (SSSR count). The van der Waals surface area contributed by atoms with Crippen molar-refractivity contribution in [2.45, 2.75) is 13.0 Å². The van der Waals surface area contributed by atoms with Gasteiger partial charge in [0.1, 0.15) is 0 Å². The molecule has 0 fully saturated rings. The normalized spacial score (nSPS) is 17.2. The molecular weight excluding hydrogens is 142 g/mol. The van der Waals surface area contributed by atoms with Gasteiger partial charge in [-0.15, -0.1) is 0 Å². The summed E-state index contributed by atoms with van der Waals surface area (Å²) in [5, 5.41) is 0. The molecule has 0 amide bonds. The van der Waals surface area contributed by atoms with Gasteiger partial charge in [0, 0.05) is 24.4 Å². The van der Waals surface area contributed by atoms with Gasteiger partial charge in [-0.3, -0.25) is 4.21 Å². The second-order valence-electron chi connectivity index (χ2n) is 1.71. The molecule has 4 nitrogen and oxygen atoms in total. The van der Waals surface area contributed by atoms with Crippen molar-refractivity contribution in [3.05, 3.63) is 0 Å². The van der Waals surface area contributed by atoms with E-state index in [0.29, 0.717) is 6.61 Å². The molecule has 1 N–H and O–H groups in total. The van der Waals surface area contributed by atoms with Crippen LogP contribution in [0, 0.1) is 0 Å². The molecule has 0 heterocycles. The van der Waals surface area contributed by atoms with Crippen molar-refractivity contribution in [1.82, 2.24) is 4.72 Å². The van der Waals surface area contributed by atoms with Crippen LogP contribution in [0.25, 0.3) is 0 Å². The van der Waals surface area contributed by atoms with E-state index in [1.54, 1.807) is 6.92 Å². The monoisotopic (exact) mass is 152 g/mol. The minimum absolute atomic E-state index is 0.145. The number of hydrogen-bond donors (Lipinski definition) is 1. The van der Waals surface area contributed by atoms with E-state index in [2.05, 4.69) is 9.46 Å². The van der Waals surface area contributed by atoms with Gasteiger partial charge < -0.3 is 9.29 Å². The zero-order valence-corrected chi connectivity index (χ0v) is 6.23. The van der Waals surface area contributed by atoms with E-state index in [0.717, 1.165) is 0 Å². The number of ether oxygens (including phenoxy) is 1. The number of rotatable bonds is 4.